The molecule has 0 rings (SSSR count). The van der Waals surface area contributed by atoms with Gasteiger partial charge in [0.15, 0.2) is 0 Å². The molecule has 0 aromatic carbocycles. The normalized spacial score (nSPS) is 5.25. The molecule has 1 radical (unpaired) electrons. The molecule has 0 bridgehead atoms. The predicted molar refractivity (Wildman–Crippen MR) is 8.54 cm³/mol. The topological polar surface area (TPSA) is 0 Å². The van der Waals surface area contributed by atoms with Crippen LogP contribution >= 0.6 is 0 Å². The van der Waals surface area contributed by atoms with Crippen LogP contribution in [0.2, 0.25) is 0 Å². The second-order valence-electron chi connectivity index (χ2n) is 0.118. The molecule has 0 unspecified atom stereocenters. The third-order valence-corrected chi connectivity index (χ3v) is 0. The van der Waals surface area contributed by atoms with E-state index in [1.54, 1.807) is 0 Å². The summed E-state index contributed by atoms with van der Waals surface area (Å²) >= 11 is 4.64. The van der Waals surface area contributed by atoms with Gasteiger partial charge in [-0.25, -0.2) is 0 Å². The minimum atomic E-state index is 0. The van der Waals surface area contributed by atoms with E-state index in [1.165, 1.54) is 12.7 Å². The van der Waals surface area contributed by atoms with Crippen LogP contribution in [-0.2, 0) is 27.0 Å². The molecule has 0 saturated heterocycles. The Morgan fingerprint density at radius 3 is 1.75 bits per heavy atom. The van der Waals surface area contributed by atoms with Crippen molar-refractivity contribution in [1.82, 2.24) is 0 Å². The Hall–Kier alpha value is 2.38. The van der Waals surface area contributed by atoms with Gasteiger partial charge in [0, 0.05) is 38.6 Å². The number of hydrogen-bond donors (Lipinski definition) is 0. The molecule has 0 atom stereocenters. The van der Waals surface area contributed by atoms with Crippen molar-refractivity contribution in [2.75, 3.05) is 0 Å². The van der Waals surface area contributed by atoms with E-state index in [2.05, 4.69) is 14.2 Å². The van der Waals surface area contributed by atoms with Gasteiger partial charge in [0.25, 0.3) is 0 Å². The zero-order valence-corrected chi connectivity index (χ0v) is 6.30. The average Bonchev–Trinajstić information content (AvgIpc) is 0.918. The summed E-state index contributed by atoms with van der Waals surface area (Å²) in [5, 5.41) is 0. The van der Waals surface area contributed by atoms with Crippen molar-refractivity contribution in [1.29, 1.82) is 0 Å². The molecule has 0 nitrogen and oxygen atoms in total. The minimum absolute atomic E-state index is 0. The van der Waals surface area contributed by atoms with E-state index in [-0.39, 0.29) is 38.6 Å². The van der Waals surface area contributed by atoms with Crippen molar-refractivity contribution in [3.63, 3.8) is 0 Å². The van der Waals surface area contributed by atoms with Crippen LogP contribution in [-0.4, -0.2) is 6.70 Å². The third kappa shape index (κ3) is 8.83. The zero-order valence-electron chi connectivity index (χ0n) is 2.02. The largest absolute Gasteiger partial charge is 0 e. The maximum Gasteiger partial charge on any atom is 0 e. The Bertz CT molecular complexity index is 8.00. The maximum atomic E-state index is 3.45. The average molecular weight is 287 g/mol. The smallest absolute Gasteiger partial charge is 0 e. The van der Waals surface area contributed by atoms with Crippen molar-refractivity contribution in [2.45, 2.75) is 0 Å². The molecular formula is H2BCoFeTb. The molecule has 0 fully saturated rings. The Kier molecular flexibility index (Phi) is 21.7. The summed E-state index contributed by atoms with van der Waals surface area (Å²) in [6.45, 7) is 1.98. The molecule has 4 heteroatoms. The summed E-state index contributed by atoms with van der Waals surface area (Å²) in [6, 6.07) is 0. The van der Waals surface area contributed by atoms with Gasteiger partial charge in [-0.3, -0.25) is 0 Å². The second kappa shape index (κ2) is 9.03. The molecule has 0 aliphatic heterocycles. The SMILES string of the molecule is [BH2][Co][Fe].[Tb]. The molecule has 0 saturated carbocycles. The first-order valence-electron chi connectivity index (χ1n) is 0.451. The fourth-order valence-electron chi connectivity index (χ4n) is 0. The Morgan fingerprint density at radius 2 is 1.75 bits per heavy atom. The third-order valence-electron chi connectivity index (χ3n) is 0. The molecule has 0 aromatic heterocycles. The number of hydrogen-bond acceptors (Lipinski definition) is 0. The summed E-state index contributed by atoms with van der Waals surface area (Å²) in [7, 11) is 0. The van der Waals surface area contributed by atoms with Gasteiger partial charge in [-0.1, -0.05) is 0 Å². The van der Waals surface area contributed by atoms with Crippen molar-refractivity contribution < 1.29 is 65.6 Å². The van der Waals surface area contributed by atoms with E-state index < -0.39 is 0 Å². The van der Waals surface area contributed by atoms with Crippen LogP contribution in [0.25, 0.3) is 0 Å². The van der Waals surface area contributed by atoms with Crippen molar-refractivity contribution in [3.05, 3.63) is 0 Å². The first kappa shape index (κ1) is 9.62. The molecule has 0 aliphatic rings. The van der Waals surface area contributed by atoms with Crippen LogP contribution in [0.1, 0.15) is 0 Å². The summed E-state index contributed by atoms with van der Waals surface area (Å²) in [4.78, 5) is 0. The predicted octanol–water partition coefficient (Wildman–Crippen LogP) is -0.921. The van der Waals surface area contributed by atoms with Crippen LogP contribution in [0.5, 0.6) is 0 Å². The van der Waals surface area contributed by atoms with Crippen LogP contribution in [0.15, 0.2) is 0 Å². The Morgan fingerprint density at radius 1 is 1.75 bits per heavy atom. The van der Waals surface area contributed by atoms with Gasteiger partial charge in [0.1, 0.15) is 0 Å². The van der Waals surface area contributed by atoms with Gasteiger partial charge in [0.05, 0.1) is 0 Å². The molecule has 0 N–H and O–H groups in total. The molecule has 0 aliphatic carbocycles. The molecule has 0 aromatic rings. The van der Waals surface area contributed by atoms with Gasteiger partial charge in [-0.15, -0.1) is 0 Å². The fraction of sp³-hybridized carbons (Fsp3) is 0. The zero-order chi connectivity index (χ0) is 2.71. The van der Waals surface area contributed by atoms with E-state index in [1.807, 2.05) is 6.70 Å². The fourth-order valence-corrected chi connectivity index (χ4v) is 0. The van der Waals surface area contributed by atoms with E-state index in [0.717, 1.165) is 0 Å². The summed E-state index contributed by atoms with van der Waals surface area (Å²) in [6.07, 6.45) is 0. The minimum Gasteiger partial charge on any atom is 0 e. The van der Waals surface area contributed by atoms with Crippen molar-refractivity contribution in [3.8, 4) is 0 Å². The number of rotatable bonds is 0. The summed E-state index contributed by atoms with van der Waals surface area (Å²) < 4.78 is 0. The monoisotopic (exact) mass is 287 g/mol. The van der Waals surface area contributed by atoms with E-state index in [0.29, 0.717) is 0 Å². The van der Waals surface area contributed by atoms with E-state index >= 15 is 0 Å². The summed E-state index contributed by atoms with van der Waals surface area (Å²) in [5.74, 6) is 0. The quantitative estimate of drug-likeness (QED) is 0.505. The van der Waals surface area contributed by atoms with Gasteiger partial charge < -0.3 is 0 Å². The first-order chi connectivity index (χ1) is 1.41. The Balaban J connectivity index is 0. The molecule has 0 amide bonds. The molecule has 31 valence electrons. The van der Waals surface area contributed by atoms with Crippen LogP contribution in [0.4, 0.5) is 0 Å². The van der Waals surface area contributed by atoms with Gasteiger partial charge in [0.2, 0.25) is 0 Å². The van der Waals surface area contributed by atoms with Gasteiger partial charge >= 0.3 is 33.7 Å². The van der Waals surface area contributed by atoms with Crippen molar-refractivity contribution in [2.24, 2.45) is 0 Å². The molecule has 0 heterocycles. The van der Waals surface area contributed by atoms with Crippen LogP contribution in [0.3, 0.4) is 0 Å². The van der Waals surface area contributed by atoms with Crippen molar-refractivity contribution >= 4 is 6.70 Å². The van der Waals surface area contributed by atoms with Gasteiger partial charge in [-0.2, -0.15) is 0 Å². The van der Waals surface area contributed by atoms with Crippen LogP contribution in [0, 0.1) is 38.6 Å². The first-order valence-corrected chi connectivity index (χ1v) is 3.38. The van der Waals surface area contributed by atoms with E-state index in [9.17, 15) is 0 Å². The Labute approximate surface area is 70.9 Å². The molecule has 0 spiro atoms. The standard InChI is InChI=1S/BH2.Co.Fe.Tb/h1H2;;;/q+1;-1;;. The summed E-state index contributed by atoms with van der Waals surface area (Å²) in [5.41, 5.74) is 0. The van der Waals surface area contributed by atoms with Crippen LogP contribution < -0.4 is 0 Å². The van der Waals surface area contributed by atoms with E-state index in [4.69, 9.17) is 0 Å². The van der Waals surface area contributed by atoms with Gasteiger partial charge in [-0.05, 0) is 0 Å². The second-order valence-corrected chi connectivity index (χ2v) is 2.00. The molecular weight excluding hydrogens is 285 g/mol. The maximum absolute atomic E-state index is 3.45. The molecule has 4 heavy (non-hydrogen) atoms.